The van der Waals surface area contributed by atoms with Crippen LogP contribution >= 0.6 is 0 Å². The number of primary amides is 1. The van der Waals surface area contributed by atoms with E-state index in [1.165, 1.54) is 23.0 Å². The second-order valence-corrected chi connectivity index (χ2v) is 4.00. The van der Waals surface area contributed by atoms with Crippen LogP contribution in [0.4, 0.5) is 4.39 Å². The quantitative estimate of drug-likeness (QED) is 0.790. The standard InChI is InChI=1S/C12H11FN4O4/c13-7-2-1-3-9(10(7)11(14)18)21-5-4-17-6-8(12(19)20)15-16-17/h1-3,6H,4-5H2,(H2,14,18)(H,19,20). The largest absolute Gasteiger partial charge is 0.491 e. The van der Waals surface area contributed by atoms with E-state index in [0.29, 0.717) is 0 Å². The minimum atomic E-state index is -1.19. The number of aromatic nitrogens is 3. The molecule has 0 saturated heterocycles. The number of carboxylic acids is 1. The lowest BCUT2D eigenvalue weighted by molar-refractivity contribution is 0.0690. The third kappa shape index (κ3) is 3.32. The van der Waals surface area contributed by atoms with Gasteiger partial charge in [-0.1, -0.05) is 11.3 Å². The van der Waals surface area contributed by atoms with Gasteiger partial charge in [0.15, 0.2) is 5.69 Å². The van der Waals surface area contributed by atoms with E-state index in [1.54, 1.807) is 0 Å². The minimum absolute atomic E-state index is 0.0149. The SMILES string of the molecule is NC(=O)c1c(F)cccc1OCCn1cc(C(=O)O)nn1. The number of ether oxygens (including phenoxy) is 1. The summed E-state index contributed by atoms with van der Waals surface area (Å²) in [4.78, 5) is 21.8. The molecule has 110 valence electrons. The Labute approximate surface area is 117 Å². The molecule has 0 aliphatic heterocycles. The first-order valence-electron chi connectivity index (χ1n) is 5.83. The smallest absolute Gasteiger partial charge is 0.358 e. The fourth-order valence-corrected chi connectivity index (χ4v) is 1.62. The van der Waals surface area contributed by atoms with Crippen LogP contribution in [0.25, 0.3) is 0 Å². The highest BCUT2D eigenvalue weighted by Gasteiger charge is 2.15. The Kier molecular flexibility index (Phi) is 4.12. The molecular weight excluding hydrogens is 283 g/mol. The maximum atomic E-state index is 13.5. The van der Waals surface area contributed by atoms with Crippen LogP contribution in [0.15, 0.2) is 24.4 Å². The zero-order valence-electron chi connectivity index (χ0n) is 10.7. The highest BCUT2D eigenvalue weighted by atomic mass is 19.1. The van der Waals surface area contributed by atoms with Crippen molar-refractivity contribution < 1.29 is 23.8 Å². The van der Waals surface area contributed by atoms with Gasteiger partial charge in [-0.3, -0.25) is 4.79 Å². The molecule has 0 fully saturated rings. The zero-order chi connectivity index (χ0) is 15.4. The van der Waals surface area contributed by atoms with Gasteiger partial charge in [-0.2, -0.15) is 0 Å². The van der Waals surface area contributed by atoms with E-state index in [-0.39, 0.29) is 30.2 Å². The fraction of sp³-hybridized carbons (Fsp3) is 0.167. The minimum Gasteiger partial charge on any atom is -0.491 e. The van der Waals surface area contributed by atoms with E-state index in [4.69, 9.17) is 15.6 Å². The maximum absolute atomic E-state index is 13.5. The Bertz CT molecular complexity index is 686. The molecule has 0 spiro atoms. The summed E-state index contributed by atoms with van der Waals surface area (Å²) < 4.78 is 20.0. The number of rotatable bonds is 6. The fourth-order valence-electron chi connectivity index (χ4n) is 1.62. The lowest BCUT2D eigenvalue weighted by Gasteiger charge is -2.09. The van der Waals surface area contributed by atoms with Crippen LogP contribution in [0.2, 0.25) is 0 Å². The van der Waals surface area contributed by atoms with Gasteiger partial charge in [0.05, 0.1) is 12.7 Å². The van der Waals surface area contributed by atoms with Crippen molar-refractivity contribution in [2.24, 2.45) is 5.73 Å². The van der Waals surface area contributed by atoms with Gasteiger partial charge in [0.25, 0.3) is 5.91 Å². The molecule has 0 aliphatic rings. The number of amides is 1. The number of nitrogens with zero attached hydrogens (tertiary/aromatic N) is 3. The number of carbonyl (C=O) groups is 2. The van der Waals surface area contributed by atoms with Crippen LogP contribution in [-0.2, 0) is 6.54 Å². The molecule has 3 N–H and O–H groups in total. The molecule has 0 aliphatic carbocycles. The Hall–Kier alpha value is -2.97. The second kappa shape index (κ2) is 5.99. The Balaban J connectivity index is 2.02. The molecule has 0 bridgehead atoms. The molecule has 0 atom stereocenters. The number of nitrogens with two attached hydrogens (primary N) is 1. The lowest BCUT2D eigenvalue weighted by atomic mass is 10.2. The van der Waals surface area contributed by atoms with Crippen molar-refractivity contribution in [1.29, 1.82) is 0 Å². The summed E-state index contributed by atoms with van der Waals surface area (Å²) in [5.41, 5.74) is 4.56. The summed E-state index contributed by atoms with van der Waals surface area (Å²) in [5, 5.41) is 15.7. The van der Waals surface area contributed by atoms with Gasteiger partial charge >= 0.3 is 5.97 Å². The molecule has 9 heteroatoms. The molecule has 0 radical (unpaired) electrons. The lowest BCUT2D eigenvalue weighted by Crippen LogP contribution is -2.16. The van der Waals surface area contributed by atoms with E-state index in [1.807, 2.05) is 0 Å². The summed E-state index contributed by atoms with van der Waals surface area (Å²) in [6.07, 6.45) is 1.23. The van der Waals surface area contributed by atoms with Crippen LogP contribution in [-0.4, -0.2) is 38.6 Å². The number of hydrogen-bond acceptors (Lipinski definition) is 5. The van der Waals surface area contributed by atoms with E-state index < -0.39 is 17.7 Å². The second-order valence-electron chi connectivity index (χ2n) is 4.00. The van der Waals surface area contributed by atoms with Gasteiger partial charge in [0.2, 0.25) is 0 Å². The van der Waals surface area contributed by atoms with Crippen molar-refractivity contribution in [3.05, 3.63) is 41.5 Å². The number of carboxylic acid groups (broad SMARTS) is 1. The van der Waals surface area contributed by atoms with Gasteiger partial charge in [0.1, 0.15) is 23.7 Å². The third-order valence-corrected chi connectivity index (χ3v) is 2.56. The summed E-state index contributed by atoms with van der Waals surface area (Å²) in [6, 6.07) is 3.89. The average molecular weight is 294 g/mol. The highest BCUT2D eigenvalue weighted by molar-refractivity contribution is 5.95. The number of halogens is 1. The molecule has 1 aromatic carbocycles. The molecule has 1 amide bonds. The zero-order valence-corrected chi connectivity index (χ0v) is 10.7. The molecule has 1 aromatic heterocycles. The van der Waals surface area contributed by atoms with Crippen LogP contribution in [0.3, 0.4) is 0 Å². The topological polar surface area (TPSA) is 120 Å². The first kappa shape index (κ1) is 14.4. The molecule has 2 rings (SSSR count). The summed E-state index contributed by atoms with van der Waals surface area (Å²) in [6.45, 7) is 0.209. The van der Waals surface area contributed by atoms with Crippen molar-refractivity contribution in [2.75, 3.05) is 6.61 Å². The van der Waals surface area contributed by atoms with Gasteiger partial charge in [0, 0.05) is 0 Å². The summed E-state index contributed by atoms with van der Waals surface area (Å²) in [7, 11) is 0. The molecule has 0 unspecified atom stereocenters. The summed E-state index contributed by atoms with van der Waals surface area (Å²) >= 11 is 0. The molecule has 1 heterocycles. The monoisotopic (exact) mass is 294 g/mol. The predicted octanol–water partition coefficient (Wildman–Crippen LogP) is 0.293. The van der Waals surface area contributed by atoms with Crippen molar-refractivity contribution in [1.82, 2.24) is 15.0 Å². The van der Waals surface area contributed by atoms with Crippen molar-refractivity contribution in [2.45, 2.75) is 6.54 Å². The third-order valence-electron chi connectivity index (χ3n) is 2.56. The van der Waals surface area contributed by atoms with Gasteiger partial charge in [-0.05, 0) is 12.1 Å². The van der Waals surface area contributed by atoms with Gasteiger partial charge < -0.3 is 15.6 Å². The van der Waals surface area contributed by atoms with Crippen LogP contribution in [0.1, 0.15) is 20.8 Å². The highest BCUT2D eigenvalue weighted by Crippen LogP contribution is 2.20. The normalized spacial score (nSPS) is 10.3. The molecule has 0 saturated carbocycles. The Morgan fingerprint density at radius 3 is 2.81 bits per heavy atom. The van der Waals surface area contributed by atoms with Gasteiger partial charge in [-0.15, -0.1) is 5.10 Å². The van der Waals surface area contributed by atoms with E-state index in [0.717, 1.165) is 6.07 Å². The number of benzene rings is 1. The molecule has 8 nitrogen and oxygen atoms in total. The van der Waals surface area contributed by atoms with Gasteiger partial charge in [-0.25, -0.2) is 13.9 Å². The molecule has 21 heavy (non-hydrogen) atoms. The first-order chi connectivity index (χ1) is 9.99. The first-order valence-corrected chi connectivity index (χ1v) is 5.83. The summed E-state index contributed by atoms with van der Waals surface area (Å²) in [5.74, 6) is -2.88. The van der Waals surface area contributed by atoms with Crippen molar-refractivity contribution >= 4 is 11.9 Å². The number of carbonyl (C=O) groups excluding carboxylic acids is 1. The van der Waals surface area contributed by atoms with E-state index in [9.17, 15) is 14.0 Å². The van der Waals surface area contributed by atoms with Crippen molar-refractivity contribution in [3.8, 4) is 5.75 Å². The predicted molar refractivity (Wildman–Crippen MR) is 67.4 cm³/mol. The molecule has 2 aromatic rings. The Morgan fingerprint density at radius 2 is 2.19 bits per heavy atom. The maximum Gasteiger partial charge on any atom is 0.358 e. The average Bonchev–Trinajstić information content (AvgIpc) is 2.87. The van der Waals surface area contributed by atoms with Crippen molar-refractivity contribution in [3.63, 3.8) is 0 Å². The van der Waals surface area contributed by atoms with Crippen LogP contribution in [0, 0.1) is 5.82 Å². The van der Waals surface area contributed by atoms with Crippen LogP contribution in [0.5, 0.6) is 5.75 Å². The number of hydrogen-bond donors (Lipinski definition) is 2. The van der Waals surface area contributed by atoms with E-state index >= 15 is 0 Å². The number of aromatic carboxylic acids is 1. The van der Waals surface area contributed by atoms with E-state index in [2.05, 4.69) is 10.3 Å². The Morgan fingerprint density at radius 1 is 1.43 bits per heavy atom. The van der Waals surface area contributed by atoms with Crippen LogP contribution < -0.4 is 10.5 Å². The molecular formula is C12H11FN4O4.